The van der Waals surface area contributed by atoms with E-state index in [1.54, 1.807) is 0 Å². The lowest BCUT2D eigenvalue weighted by atomic mass is 10.3. The fraction of sp³-hybridized carbons (Fsp3) is 0.385. The van der Waals surface area contributed by atoms with Gasteiger partial charge < -0.3 is 15.5 Å². The highest BCUT2D eigenvalue weighted by Gasteiger charge is 2.18. The zero-order chi connectivity index (χ0) is 14.1. The van der Waals surface area contributed by atoms with Crippen LogP contribution in [0.3, 0.4) is 0 Å². The zero-order valence-corrected chi connectivity index (χ0v) is 11.4. The van der Waals surface area contributed by atoms with Gasteiger partial charge in [-0.3, -0.25) is 5.41 Å². The van der Waals surface area contributed by atoms with Crippen LogP contribution >= 0.6 is 0 Å². The van der Waals surface area contributed by atoms with E-state index in [4.69, 9.17) is 11.1 Å². The predicted octanol–water partition coefficient (Wildman–Crippen LogP) is 0.726. The van der Waals surface area contributed by atoms with Gasteiger partial charge in [-0.05, 0) is 19.1 Å². The standard InChI is InChI=1S/C13H17N7/c1-9(14)19-4-6-20(7-5-19)11-3-2-10-12(18-11)13(15)17-8-16-10/h2-3,8,14H,4-7H2,1H3,(H2,15,16,17). The fourth-order valence-corrected chi connectivity index (χ4v) is 2.40. The molecular formula is C13H17N7. The van der Waals surface area contributed by atoms with Crippen LogP contribution in [0, 0.1) is 5.41 Å². The molecule has 0 spiro atoms. The maximum atomic E-state index is 7.65. The average Bonchev–Trinajstić information content (AvgIpc) is 2.47. The maximum Gasteiger partial charge on any atom is 0.153 e. The summed E-state index contributed by atoms with van der Waals surface area (Å²) in [5, 5.41) is 7.65. The summed E-state index contributed by atoms with van der Waals surface area (Å²) in [7, 11) is 0. The van der Waals surface area contributed by atoms with E-state index in [2.05, 4.69) is 24.8 Å². The molecule has 0 aliphatic carbocycles. The Kier molecular flexibility index (Phi) is 3.09. The number of fused-ring (bicyclic) bond motifs is 1. The second-order valence-corrected chi connectivity index (χ2v) is 4.86. The Morgan fingerprint density at radius 1 is 1.20 bits per heavy atom. The molecule has 1 aliphatic heterocycles. The molecule has 7 heteroatoms. The Labute approximate surface area is 117 Å². The van der Waals surface area contributed by atoms with Gasteiger partial charge in [0.1, 0.15) is 17.7 Å². The normalized spacial score (nSPS) is 15.7. The lowest BCUT2D eigenvalue weighted by Gasteiger charge is -2.36. The van der Waals surface area contributed by atoms with Crippen LogP contribution in [0.5, 0.6) is 0 Å². The molecule has 0 unspecified atom stereocenters. The van der Waals surface area contributed by atoms with Gasteiger partial charge in [0, 0.05) is 26.2 Å². The lowest BCUT2D eigenvalue weighted by Crippen LogP contribution is -2.48. The number of rotatable bonds is 1. The molecule has 0 bridgehead atoms. The van der Waals surface area contributed by atoms with E-state index < -0.39 is 0 Å². The van der Waals surface area contributed by atoms with Crippen molar-refractivity contribution in [3.05, 3.63) is 18.5 Å². The molecule has 0 atom stereocenters. The van der Waals surface area contributed by atoms with Gasteiger partial charge in [0.2, 0.25) is 0 Å². The number of aromatic nitrogens is 3. The molecule has 3 N–H and O–H groups in total. The highest BCUT2D eigenvalue weighted by Crippen LogP contribution is 2.20. The molecule has 3 heterocycles. The molecule has 1 aliphatic rings. The van der Waals surface area contributed by atoms with Gasteiger partial charge in [-0.2, -0.15) is 0 Å². The largest absolute Gasteiger partial charge is 0.382 e. The number of hydrogen-bond donors (Lipinski definition) is 2. The van der Waals surface area contributed by atoms with Gasteiger partial charge in [-0.1, -0.05) is 0 Å². The summed E-state index contributed by atoms with van der Waals surface area (Å²) in [6.07, 6.45) is 1.45. The van der Waals surface area contributed by atoms with Crippen molar-refractivity contribution in [1.82, 2.24) is 19.9 Å². The van der Waals surface area contributed by atoms with Crippen LogP contribution in [-0.2, 0) is 0 Å². The van der Waals surface area contributed by atoms with Crippen molar-refractivity contribution in [2.45, 2.75) is 6.92 Å². The van der Waals surface area contributed by atoms with Crippen molar-refractivity contribution in [2.24, 2.45) is 0 Å². The Hall–Kier alpha value is -2.44. The topological polar surface area (TPSA) is 95.0 Å². The number of nitrogens with zero attached hydrogens (tertiary/aromatic N) is 5. The molecule has 0 radical (unpaired) electrons. The Morgan fingerprint density at radius 2 is 1.95 bits per heavy atom. The lowest BCUT2D eigenvalue weighted by molar-refractivity contribution is 0.380. The van der Waals surface area contributed by atoms with Gasteiger partial charge in [-0.25, -0.2) is 15.0 Å². The average molecular weight is 271 g/mol. The van der Waals surface area contributed by atoms with Crippen LogP contribution in [0.2, 0.25) is 0 Å². The minimum absolute atomic E-state index is 0.408. The van der Waals surface area contributed by atoms with E-state index in [-0.39, 0.29) is 0 Å². The highest BCUT2D eigenvalue weighted by molar-refractivity contribution is 5.85. The first-order chi connectivity index (χ1) is 9.65. The molecule has 2 aromatic rings. The number of piperazine rings is 1. The third-order valence-corrected chi connectivity index (χ3v) is 3.57. The van der Waals surface area contributed by atoms with Crippen molar-refractivity contribution >= 4 is 28.5 Å². The summed E-state index contributed by atoms with van der Waals surface area (Å²) >= 11 is 0. The van der Waals surface area contributed by atoms with E-state index in [1.807, 2.05) is 19.1 Å². The van der Waals surface area contributed by atoms with E-state index in [0.29, 0.717) is 17.2 Å². The monoisotopic (exact) mass is 271 g/mol. The second kappa shape index (κ2) is 4.92. The number of pyridine rings is 1. The molecule has 20 heavy (non-hydrogen) atoms. The summed E-state index contributed by atoms with van der Waals surface area (Å²) in [6.45, 7) is 5.21. The Balaban J connectivity index is 1.85. The second-order valence-electron chi connectivity index (χ2n) is 4.86. The molecule has 1 saturated heterocycles. The van der Waals surface area contributed by atoms with Gasteiger partial charge in [-0.15, -0.1) is 0 Å². The number of anilines is 2. The minimum atomic E-state index is 0.408. The summed E-state index contributed by atoms with van der Waals surface area (Å²) in [5.41, 5.74) is 7.26. The third-order valence-electron chi connectivity index (χ3n) is 3.57. The first-order valence-corrected chi connectivity index (χ1v) is 6.57. The van der Waals surface area contributed by atoms with Crippen molar-refractivity contribution < 1.29 is 0 Å². The van der Waals surface area contributed by atoms with E-state index >= 15 is 0 Å². The Bertz CT molecular complexity index is 646. The van der Waals surface area contributed by atoms with Crippen LogP contribution in [0.15, 0.2) is 18.5 Å². The number of nitrogens with one attached hydrogen (secondary N) is 1. The number of hydrogen-bond acceptors (Lipinski definition) is 6. The van der Waals surface area contributed by atoms with E-state index in [1.165, 1.54) is 6.33 Å². The van der Waals surface area contributed by atoms with Crippen molar-refractivity contribution in [2.75, 3.05) is 36.8 Å². The predicted molar refractivity (Wildman–Crippen MR) is 78.9 cm³/mol. The van der Waals surface area contributed by atoms with Crippen LogP contribution in [0.4, 0.5) is 11.6 Å². The third kappa shape index (κ3) is 2.22. The maximum absolute atomic E-state index is 7.65. The van der Waals surface area contributed by atoms with Gasteiger partial charge in [0.05, 0.1) is 11.4 Å². The molecule has 1 fully saturated rings. The summed E-state index contributed by atoms with van der Waals surface area (Å²) in [6, 6.07) is 3.88. The molecule has 0 amide bonds. The fourth-order valence-electron chi connectivity index (χ4n) is 2.40. The van der Waals surface area contributed by atoms with Crippen LogP contribution in [0.25, 0.3) is 11.0 Å². The van der Waals surface area contributed by atoms with E-state index in [9.17, 15) is 0 Å². The van der Waals surface area contributed by atoms with Gasteiger partial charge >= 0.3 is 0 Å². The summed E-state index contributed by atoms with van der Waals surface area (Å²) in [5.74, 6) is 1.92. The summed E-state index contributed by atoms with van der Waals surface area (Å²) < 4.78 is 0. The first kappa shape index (κ1) is 12.6. The van der Waals surface area contributed by atoms with Crippen LogP contribution in [0.1, 0.15) is 6.92 Å². The van der Waals surface area contributed by atoms with Crippen molar-refractivity contribution in [1.29, 1.82) is 5.41 Å². The molecule has 104 valence electrons. The quantitative estimate of drug-likeness (QED) is 0.586. The summed E-state index contributed by atoms with van der Waals surface area (Å²) in [4.78, 5) is 17.0. The number of amidine groups is 1. The van der Waals surface area contributed by atoms with E-state index in [0.717, 1.165) is 37.5 Å². The van der Waals surface area contributed by atoms with Crippen molar-refractivity contribution in [3.63, 3.8) is 0 Å². The molecule has 3 rings (SSSR count). The zero-order valence-electron chi connectivity index (χ0n) is 11.4. The number of nitrogen functional groups attached to an aromatic ring is 1. The highest BCUT2D eigenvalue weighted by atomic mass is 15.3. The van der Waals surface area contributed by atoms with Crippen LogP contribution < -0.4 is 10.6 Å². The number of nitrogens with two attached hydrogens (primary N) is 1. The molecule has 0 aromatic carbocycles. The molecular weight excluding hydrogens is 254 g/mol. The Morgan fingerprint density at radius 3 is 2.65 bits per heavy atom. The molecule has 0 saturated carbocycles. The SMILES string of the molecule is CC(=N)N1CCN(c2ccc3ncnc(N)c3n2)CC1. The van der Waals surface area contributed by atoms with Crippen molar-refractivity contribution in [3.8, 4) is 0 Å². The van der Waals surface area contributed by atoms with Gasteiger partial charge in [0.25, 0.3) is 0 Å². The molecule has 7 nitrogen and oxygen atoms in total. The smallest absolute Gasteiger partial charge is 0.153 e. The van der Waals surface area contributed by atoms with Gasteiger partial charge in [0.15, 0.2) is 5.82 Å². The van der Waals surface area contributed by atoms with Crippen LogP contribution in [-0.4, -0.2) is 51.9 Å². The first-order valence-electron chi connectivity index (χ1n) is 6.57. The minimum Gasteiger partial charge on any atom is -0.382 e. The molecule has 2 aromatic heterocycles.